The largest absolute Gasteiger partial charge is 0.329 e. The van der Waals surface area contributed by atoms with Gasteiger partial charge in [-0.25, -0.2) is 0 Å². The van der Waals surface area contributed by atoms with E-state index >= 15 is 0 Å². The van der Waals surface area contributed by atoms with Crippen molar-refractivity contribution in [3.63, 3.8) is 0 Å². The molecule has 2 heteroatoms. The maximum absolute atomic E-state index is 5.83. The number of hydrogen-bond donors (Lipinski definition) is 2. The highest BCUT2D eigenvalue weighted by molar-refractivity contribution is 5.14. The third-order valence-corrected chi connectivity index (χ3v) is 3.28. The summed E-state index contributed by atoms with van der Waals surface area (Å²) in [7, 11) is 0. The number of benzene rings is 1. The molecule has 0 saturated carbocycles. The van der Waals surface area contributed by atoms with Crippen LogP contribution in [0.1, 0.15) is 32.3 Å². The van der Waals surface area contributed by atoms with Gasteiger partial charge in [-0.3, -0.25) is 0 Å². The van der Waals surface area contributed by atoms with Gasteiger partial charge in [0.05, 0.1) is 0 Å². The van der Waals surface area contributed by atoms with Crippen molar-refractivity contribution in [1.29, 1.82) is 0 Å². The first-order valence-corrected chi connectivity index (χ1v) is 6.29. The van der Waals surface area contributed by atoms with E-state index in [1.165, 1.54) is 18.4 Å². The van der Waals surface area contributed by atoms with Crippen LogP contribution in [0, 0.1) is 5.92 Å². The van der Waals surface area contributed by atoms with Crippen molar-refractivity contribution >= 4 is 0 Å². The molecule has 0 aliphatic rings. The summed E-state index contributed by atoms with van der Waals surface area (Å²) in [5.74, 6) is 0.689. The van der Waals surface area contributed by atoms with Gasteiger partial charge in [-0.05, 0) is 11.5 Å². The number of hydrogen-bond acceptors (Lipinski definition) is 2. The first-order chi connectivity index (χ1) is 7.81. The van der Waals surface area contributed by atoms with Crippen LogP contribution in [0.4, 0.5) is 0 Å². The highest BCUT2D eigenvalue weighted by atomic mass is 14.9. The molecule has 16 heavy (non-hydrogen) atoms. The summed E-state index contributed by atoms with van der Waals surface area (Å²) in [6.45, 7) is 6.11. The van der Waals surface area contributed by atoms with E-state index in [0.29, 0.717) is 12.0 Å². The minimum absolute atomic E-state index is 0.440. The molecule has 90 valence electrons. The van der Waals surface area contributed by atoms with Crippen LogP contribution < -0.4 is 11.1 Å². The summed E-state index contributed by atoms with van der Waals surface area (Å²) in [6.07, 6.45) is 2.39. The molecular weight excluding hydrogens is 196 g/mol. The topological polar surface area (TPSA) is 38.0 Å². The molecule has 0 radical (unpaired) electrons. The summed E-state index contributed by atoms with van der Waals surface area (Å²) >= 11 is 0. The van der Waals surface area contributed by atoms with Crippen molar-refractivity contribution in [2.45, 2.75) is 39.3 Å². The first kappa shape index (κ1) is 13.2. The van der Waals surface area contributed by atoms with Gasteiger partial charge in [0.1, 0.15) is 0 Å². The molecule has 1 unspecified atom stereocenters. The lowest BCUT2D eigenvalue weighted by Crippen LogP contribution is -2.41. The molecule has 2 nitrogen and oxygen atoms in total. The van der Waals surface area contributed by atoms with E-state index in [9.17, 15) is 0 Å². The Morgan fingerprint density at radius 1 is 1.12 bits per heavy atom. The lowest BCUT2D eigenvalue weighted by Gasteiger charge is -2.25. The quantitative estimate of drug-likeness (QED) is 0.741. The van der Waals surface area contributed by atoms with Gasteiger partial charge in [0.15, 0.2) is 0 Å². The van der Waals surface area contributed by atoms with Gasteiger partial charge >= 0.3 is 0 Å². The predicted molar refractivity (Wildman–Crippen MR) is 70.2 cm³/mol. The molecule has 0 amide bonds. The maximum Gasteiger partial charge on any atom is 0.0221 e. The molecule has 0 saturated heterocycles. The molecule has 1 atom stereocenters. The van der Waals surface area contributed by atoms with Crippen molar-refractivity contribution in [3.8, 4) is 0 Å². The standard InChI is InChI=1S/C14H24N2/c1-3-13(4-2)14(10-15)16-11-12-8-6-5-7-9-12/h5-9,13-14,16H,3-4,10-11,15H2,1-2H3. The zero-order valence-corrected chi connectivity index (χ0v) is 10.4. The second-order valence-corrected chi connectivity index (χ2v) is 4.29. The molecule has 0 fully saturated rings. The Bertz CT molecular complexity index is 267. The second-order valence-electron chi connectivity index (χ2n) is 4.29. The number of nitrogens with one attached hydrogen (secondary N) is 1. The number of nitrogens with two attached hydrogens (primary N) is 1. The molecule has 0 spiro atoms. The van der Waals surface area contributed by atoms with Crippen LogP contribution in [0.5, 0.6) is 0 Å². The van der Waals surface area contributed by atoms with E-state index in [4.69, 9.17) is 5.73 Å². The summed E-state index contributed by atoms with van der Waals surface area (Å²) in [6, 6.07) is 10.9. The van der Waals surface area contributed by atoms with Gasteiger partial charge in [-0.1, -0.05) is 57.0 Å². The van der Waals surface area contributed by atoms with Crippen molar-refractivity contribution in [2.24, 2.45) is 11.7 Å². The van der Waals surface area contributed by atoms with Crippen molar-refractivity contribution in [1.82, 2.24) is 5.32 Å². The smallest absolute Gasteiger partial charge is 0.0221 e. The van der Waals surface area contributed by atoms with E-state index in [0.717, 1.165) is 13.1 Å². The lowest BCUT2D eigenvalue weighted by molar-refractivity contribution is 0.338. The fourth-order valence-electron chi connectivity index (χ4n) is 2.14. The molecule has 1 aromatic carbocycles. The normalized spacial score (nSPS) is 13.0. The Balaban J connectivity index is 2.45. The molecular formula is C14H24N2. The monoisotopic (exact) mass is 220 g/mol. The van der Waals surface area contributed by atoms with Crippen LogP contribution in [-0.4, -0.2) is 12.6 Å². The first-order valence-electron chi connectivity index (χ1n) is 6.29. The highest BCUT2D eigenvalue weighted by Gasteiger charge is 2.15. The predicted octanol–water partition coefficient (Wildman–Crippen LogP) is 2.54. The summed E-state index contributed by atoms with van der Waals surface area (Å²) in [5, 5.41) is 3.56. The molecule has 1 aromatic rings. The molecule has 0 aliphatic carbocycles. The Kier molecular flexibility index (Phi) is 6.12. The molecule has 0 heterocycles. The van der Waals surface area contributed by atoms with Crippen LogP contribution in [-0.2, 0) is 6.54 Å². The average Bonchev–Trinajstić information content (AvgIpc) is 2.35. The van der Waals surface area contributed by atoms with Crippen LogP contribution in [0.25, 0.3) is 0 Å². The lowest BCUT2D eigenvalue weighted by atomic mass is 9.94. The minimum Gasteiger partial charge on any atom is -0.329 e. The third-order valence-electron chi connectivity index (χ3n) is 3.28. The molecule has 1 rings (SSSR count). The van der Waals surface area contributed by atoms with Crippen LogP contribution in [0.15, 0.2) is 30.3 Å². The Labute approximate surface area is 99.2 Å². The average molecular weight is 220 g/mol. The fourth-order valence-corrected chi connectivity index (χ4v) is 2.14. The van der Waals surface area contributed by atoms with Gasteiger partial charge in [0.2, 0.25) is 0 Å². The van der Waals surface area contributed by atoms with Crippen molar-refractivity contribution in [2.75, 3.05) is 6.54 Å². The molecule has 0 bridgehead atoms. The SMILES string of the molecule is CCC(CC)C(CN)NCc1ccccc1. The summed E-state index contributed by atoms with van der Waals surface area (Å²) in [5.41, 5.74) is 7.15. The molecule has 0 aliphatic heterocycles. The highest BCUT2D eigenvalue weighted by Crippen LogP contribution is 2.13. The van der Waals surface area contributed by atoms with Crippen LogP contribution in [0.2, 0.25) is 0 Å². The number of rotatable bonds is 7. The maximum atomic E-state index is 5.83. The summed E-state index contributed by atoms with van der Waals surface area (Å²) < 4.78 is 0. The van der Waals surface area contributed by atoms with Gasteiger partial charge in [0.25, 0.3) is 0 Å². The summed E-state index contributed by atoms with van der Waals surface area (Å²) in [4.78, 5) is 0. The van der Waals surface area contributed by atoms with Crippen LogP contribution in [0.3, 0.4) is 0 Å². The van der Waals surface area contributed by atoms with Gasteiger partial charge < -0.3 is 11.1 Å². The Morgan fingerprint density at radius 2 is 1.75 bits per heavy atom. The minimum atomic E-state index is 0.440. The van der Waals surface area contributed by atoms with Gasteiger partial charge in [-0.15, -0.1) is 0 Å². The molecule has 3 N–H and O–H groups in total. The molecule has 0 aromatic heterocycles. The van der Waals surface area contributed by atoms with Crippen molar-refractivity contribution < 1.29 is 0 Å². The van der Waals surface area contributed by atoms with Crippen molar-refractivity contribution in [3.05, 3.63) is 35.9 Å². The van der Waals surface area contributed by atoms with E-state index in [1.54, 1.807) is 0 Å². The third kappa shape index (κ3) is 3.95. The van der Waals surface area contributed by atoms with E-state index < -0.39 is 0 Å². The van der Waals surface area contributed by atoms with E-state index in [1.807, 2.05) is 6.07 Å². The zero-order chi connectivity index (χ0) is 11.8. The second kappa shape index (κ2) is 7.42. The Morgan fingerprint density at radius 3 is 2.25 bits per heavy atom. The van der Waals surface area contributed by atoms with E-state index in [-0.39, 0.29) is 0 Å². The van der Waals surface area contributed by atoms with Gasteiger partial charge in [0, 0.05) is 19.1 Å². The zero-order valence-electron chi connectivity index (χ0n) is 10.4. The Hall–Kier alpha value is -0.860. The van der Waals surface area contributed by atoms with E-state index in [2.05, 4.69) is 43.4 Å². The van der Waals surface area contributed by atoms with Crippen LogP contribution >= 0.6 is 0 Å². The van der Waals surface area contributed by atoms with Gasteiger partial charge in [-0.2, -0.15) is 0 Å². The fraction of sp³-hybridized carbons (Fsp3) is 0.571.